The molecule has 4 nitrogen and oxygen atoms in total. The standard InChI is InChI=1S/C16H30N4.HI/c1-17-16(19-15-9-4-5-10-15)18-11-8-14-20-12-6-2-3-7-13-20;/h4-5,15H,2-3,6-14H2,1H3,(H2,17,18,19);1H. The number of hydrogen-bond acceptors (Lipinski definition) is 2. The zero-order chi connectivity index (χ0) is 14.0. The highest BCUT2D eigenvalue weighted by Gasteiger charge is 2.11. The van der Waals surface area contributed by atoms with Crippen LogP contribution in [-0.2, 0) is 0 Å². The van der Waals surface area contributed by atoms with Crippen LogP contribution in [0, 0.1) is 0 Å². The van der Waals surface area contributed by atoms with E-state index in [0.717, 1.165) is 25.3 Å². The normalized spacial score (nSPS) is 20.9. The molecule has 1 fully saturated rings. The summed E-state index contributed by atoms with van der Waals surface area (Å²) in [5.41, 5.74) is 0. The minimum Gasteiger partial charge on any atom is -0.356 e. The average molecular weight is 406 g/mol. The molecule has 0 atom stereocenters. The van der Waals surface area contributed by atoms with Crippen molar-refractivity contribution < 1.29 is 0 Å². The van der Waals surface area contributed by atoms with Crippen molar-refractivity contribution in [2.45, 2.75) is 51.0 Å². The predicted octanol–water partition coefficient (Wildman–Crippen LogP) is 2.75. The number of guanidine groups is 1. The SMILES string of the molecule is CN=C(NCCCN1CCCCCC1)NC1CC=CC1.I. The van der Waals surface area contributed by atoms with Gasteiger partial charge in [0.05, 0.1) is 0 Å². The first-order chi connectivity index (χ1) is 9.88. The Kier molecular flexibility index (Phi) is 10.1. The second-order valence-electron chi connectivity index (χ2n) is 5.89. The molecule has 0 amide bonds. The first kappa shape index (κ1) is 18.7. The molecule has 0 aromatic carbocycles. The summed E-state index contributed by atoms with van der Waals surface area (Å²) in [6.07, 6.45) is 13.5. The number of nitrogens with one attached hydrogen (secondary N) is 2. The number of rotatable bonds is 5. The maximum Gasteiger partial charge on any atom is 0.191 e. The van der Waals surface area contributed by atoms with Crippen molar-refractivity contribution in [3.05, 3.63) is 12.2 Å². The lowest BCUT2D eigenvalue weighted by Crippen LogP contribution is -2.43. The van der Waals surface area contributed by atoms with Crippen LogP contribution in [0.5, 0.6) is 0 Å². The topological polar surface area (TPSA) is 39.7 Å². The first-order valence-corrected chi connectivity index (χ1v) is 8.23. The zero-order valence-electron chi connectivity index (χ0n) is 13.3. The average Bonchev–Trinajstić information content (AvgIpc) is 2.84. The van der Waals surface area contributed by atoms with Crippen LogP contribution < -0.4 is 10.6 Å². The first-order valence-electron chi connectivity index (χ1n) is 8.23. The quantitative estimate of drug-likeness (QED) is 0.243. The van der Waals surface area contributed by atoms with Gasteiger partial charge in [-0.3, -0.25) is 4.99 Å². The molecule has 1 aliphatic heterocycles. The lowest BCUT2D eigenvalue weighted by atomic mass is 10.2. The summed E-state index contributed by atoms with van der Waals surface area (Å²) >= 11 is 0. The highest BCUT2D eigenvalue weighted by atomic mass is 127. The fraction of sp³-hybridized carbons (Fsp3) is 0.812. The Morgan fingerprint density at radius 2 is 1.81 bits per heavy atom. The maximum absolute atomic E-state index is 4.30. The number of aliphatic imine (C=N–C) groups is 1. The molecule has 0 spiro atoms. The van der Waals surface area contributed by atoms with Crippen molar-refractivity contribution in [1.29, 1.82) is 0 Å². The molecule has 0 aromatic heterocycles. The third kappa shape index (κ3) is 7.49. The Hall–Kier alpha value is -0.300. The number of halogens is 1. The molecule has 0 saturated carbocycles. The van der Waals surface area contributed by atoms with E-state index in [-0.39, 0.29) is 24.0 Å². The molecule has 5 heteroatoms. The van der Waals surface area contributed by atoms with E-state index in [1.54, 1.807) is 0 Å². The van der Waals surface area contributed by atoms with E-state index in [0.29, 0.717) is 6.04 Å². The van der Waals surface area contributed by atoms with Crippen LogP contribution in [0.25, 0.3) is 0 Å². The van der Waals surface area contributed by atoms with Crippen LogP contribution in [0.15, 0.2) is 17.1 Å². The predicted molar refractivity (Wildman–Crippen MR) is 102 cm³/mol. The van der Waals surface area contributed by atoms with Crippen LogP contribution in [0.1, 0.15) is 44.9 Å². The number of nitrogens with zero attached hydrogens (tertiary/aromatic N) is 2. The second kappa shape index (κ2) is 11.3. The van der Waals surface area contributed by atoms with Gasteiger partial charge in [-0.1, -0.05) is 25.0 Å². The molecule has 2 rings (SSSR count). The molecule has 2 N–H and O–H groups in total. The maximum atomic E-state index is 4.30. The minimum atomic E-state index is 0. The largest absolute Gasteiger partial charge is 0.356 e. The summed E-state index contributed by atoms with van der Waals surface area (Å²) in [4.78, 5) is 6.92. The summed E-state index contributed by atoms with van der Waals surface area (Å²) in [6.45, 7) is 4.81. The zero-order valence-corrected chi connectivity index (χ0v) is 15.6. The van der Waals surface area contributed by atoms with Gasteiger partial charge in [0.25, 0.3) is 0 Å². The molecular formula is C16H31IN4. The Labute approximate surface area is 146 Å². The van der Waals surface area contributed by atoms with Crippen molar-refractivity contribution in [2.24, 2.45) is 4.99 Å². The van der Waals surface area contributed by atoms with Gasteiger partial charge in [-0.05, 0) is 51.7 Å². The highest BCUT2D eigenvalue weighted by Crippen LogP contribution is 2.10. The van der Waals surface area contributed by atoms with Crippen LogP contribution in [-0.4, -0.2) is 50.1 Å². The van der Waals surface area contributed by atoms with Gasteiger partial charge >= 0.3 is 0 Å². The van der Waals surface area contributed by atoms with Crippen molar-refractivity contribution in [3.63, 3.8) is 0 Å². The number of likely N-dealkylation sites (tertiary alicyclic amines) is 1. The smallest absolute Gasteiger partial charge is 0.191 e. The van der Waals surface area contributed by atoms with Crippen LogP contribution in [0.2, 0.25) is 0 Å². The van der Waals surface area contributed by atoms with E-state index < -0.39 is 0 Å². The highest BCUT2D eigenvalue weighted by molar-refractivity contribution is 14.0. The Bertz CT molecular complexity index is 314. The van der Waals surface area contributed by atoms with Gasteiger partial charge in [-0.15, -0.1) is 24.0 Å². The second-order valence-corrected chi connectivity index (χ2v) is 5.89. The lowest BCUT2D eigenvalue weighted by molar-refractivity contribution is 0.282. The van der Waals surface area contributed by atoms with Crippen LogP contribution >= 0.6 is 24.0 Å². The van der Waals surface area contributed by atoms with Gasteiger partial charge in [-0.2, -0.15) is 0 Å². The van der Waals surface area contributed by atoms with E-state index in [2.05, 4.69) is 32.7 Å². The summed E-state index contributed by atoms with van der Waals surface area (Å²) in [5, 5.41) is 6.91. The van der Waals surface area contributed by atoms with Crippen LogP contribution in [0.4, 0.5) is 0 Å². The molecule has 21 heavy (non-hydrogen) atoms. The van der Waals surface area contributed by atoms with E-state index in [1.807, 2.05) is 7.05 Å². The monoisotopic (exact) mass is 406 g/mol. The molecule has 1 aliphatic carbocycles. The van der Waals surface area contributed by atoms with E-state index in [9.17, 15) is 0 Å². The molecule has 0 aromatic rings. The third-order valence-electron chi connectivity index (χ3n) is 4.21. The van der Waals surface area contributed by atoms with Crippen molar-refractivity contribution in [3.8, 4) is 0 Å². The van der Waals surface area contributed by atoms with Crippen LogP contribution in [0.3, 0.4) is 0 Å². The molecule has 1 heterocycles. The summed E-state index contributed by atoms with van der Waals surface area (Å²) in [6, 6.07) is 0.534. The van der Waals surface area contributed by atoms with Gasteiger partial charge in [-0.25, -0.2) is 0 Å². The third-order valence-corrected chi connectivity index (χ3v) is 4.21. The van der Waals surface area contributed by atoms with Gasteiger partial charge in [0.1, 0.15) is 0 Å². The fourth-order valence-electron chi connectivity index (χ4n) is 2.99. The molecular weight excluding hydrogens is 375 g/mol. The molecule has 2 aliphatic rings. The van der Waals surface area contributed by atoms with Gasteiger partial charge in [0.15, 0.2) is 5.96 Å². The van der Waals surface area contributed by atoms with Crippen molar-refractivity contribution in [1.82, 2.24) is 15.5 Å². The van der Waals surface area contributed by atoms with Crippen molar-refractivity contribution >= 4 is 29.9 Å². The Morgan fingerprint density at radius 3 is 2.43 bits per heavy atom. The van der Waals surface area contributed by atoms with E-state index in [1.165, 1.54) is 51.7 Å². The lowest BCUT2D eigenvalue weighted by Gasteiger charge is -2.21. The summed E-state index contributed by atoms with van der Waals surface area (Å²) < 4.78 is 0. The van der Waals surface area contributed by atoms with E-state index in [4.69, 9.17) is 0 Å². The van der Waals surface area contributed by atoms with Gasteiger partial charge in [0, 0.05) is 19.6 Å². The number of hydrogen-bond donors (Lipinski definition) is 2. The fourth-order valence-corrected chi connectivity index (χ4v) is 2.99. The van der Waals surface area contributed by atoms with Gasteiger partial charge in [0.2, 0.25) is 0 Å². The van der Waals surface area contributed by atoms with E-state index >= 15 is 0 Å². The molecule has 1 saturated heterocycles. The minimum absolute atomic E-state index is 0. The summed E-state index contributed by atoms with van der Waals surface area (Å²) in [7, 11) is 1.85. The molecule has 0 bridgehead atoms. The molecule has 0 radical (unpaired) electrons. The van der Waals surface area contributed by atoms with Gasteiger partial charge < -0.3 is 15.5 Å². The Balaban J connectivity index is 0.00000220. The molecule has 122 valence electrons. The Morgan fingerprint density at radius 1 is 1.14 bits per heavy atom. The summed E-state index contributed by atoms with van der Waals surface area (Å²) in [5.74, 6) is 0.953. The molecule has 0 unspecified atom stereocenters. The van der Waals surface area contributed by atoms with Crippen molar-refractivity contribution in [2.75, 3.05) is 33.2 Å².